The quantitative estimate of drug-likeness (QED) is 0.922. The predicted octanol–water partition coefficient (Wildman–Crippen LogP) is 4.05. The summed E-state index contributed by atoms with van der Waals surface area (Å²) in [7, 11) is 0. The molecule has 0 spiro atoms. The lowest BCUT2D eigenvalue weighted by Gasteiger charge is -2.13. The van der Waals surface area contributed by atoms with Crippen LogP contribution in [0.5, 0.6) is 11.6 Å². The Morgan fingerprint density at radius 2 is 2.00 bits per heavy atom. The number of ether oxygens (including phenoxy) is 1. The van der Waals surface area contributed by atoms with E-state index in [-0.39, 0.29) is 17.5 Å². The van der Waals surface area contributed by atoms with Crippen molar-refractivity contribution in [3.8, 4) is 11.6 Å². The minimum Gasteiger partial charge on any atom is -0.476 e. The smallest absolute Gasteiger partial charge is 0.356 e. The first-order chi connectivity index (χ1) is 9.88. The Hall–Kier alpha value is -2.14. The van der Waals surface area contributed by atoms with Crippen molar-refractivity contribution in [2.24, 2.45) is 0 Å². The maximum atomic E-state index is 10.7. The van der Waals surface area contributed by atoms with Crippen molar-refractivity contribution < 1.29 is 14.6 Å². The molecule has 5 nitrogen and oxygen atoms in total. The Morgan fingerprint density at radius 1 is 1.29 bits per heavy atom. The van der Waals surface area contributed by atoms with E-state index in [9.17, 15) is 4.79 Å². The second-order valence-electron chi connectivity index (χ2n) is 4.96. The maximum absolute atomic E-state index is 10.7. The zero-order chi connectivity index (χ0) is 15.6. The van der Waals surface area contributed by atoms with Gasteiger partial charge in [-0.3, -0.25) is 0 Å². The summed E-state index contributed by atoms with van der Waals surface area (Å²) in [6.45, 7) is 5.97. The second kappa shape index (κ2) is 6.10. The number of hydrogen-bond acceptors (Lipinski definition) is 4. The van der Waals surface area contributed by atoms with Gasteiger partial charge in [0.15, 0.2) is 5.69 Å². The largest absolute Gasteiger partial charge is 0.476 e. The second-order valence-corrected chi connectivity index (χ2v) is 5.37. The van der Waals surface area contributed by atoms with Gasteiger partial charge in [-0.15, -0.1) is 10.2 Å². The van der Waals surface area contributed by atoms with E-state index in [0.717, 1.165) is 11.1 Å². The van der Waals surface area contributed by atoms with Crippen LogP contribution in [0.2, 0.25) is 5.02 Å². The first-order valence-corrected chi connectivity index (χ1v) is 6.81. The summed E-state index contributed by atoms with van der Waals surface area (Å²) in [6, 6.07) is 6.53. The van der Waals surface area contributed by atoms with Crippen LogP contribution in [0, 0.1) is 6.92 Å². The van der Waals surface area contributed by atoms with Crippen LogP contribution < -0.4 is 4.74 Å². The van der Waals surface area contributed by atoms with Gasteiger partial charge >= 0.3 is 5.97 Å². The van der Waals surface area contributed by atoms with E-state index < -0.39 is 5.97 Å². The third kappa shape index (κ3) is 3.49. The summed E-state index contributed by atoms with van der Waals surface area (Å²) in [5, 5.41) is 16.8. The third-order valence-electron chi connectivity index (χ3n) is 2.99. The molecule has 0 aliphatic rings. The van der Waals surface area contributed by atoms with Gasteiger partial charge in [0.05, 0.1) is 0 Å². The molecule has 0 amide bonds. The fourth-order valence-corrected chi connectivity index (χ4v) is 2.26. The van der Waals surface area contributed by atoms with E-state index in [1.807, 2.05) is 32.9 Å². The standard InChI is InChI=1S/C15H15ClN2O3/c1-8(2)10-7-13(9(3)6-11(10)16)21-14-5-4-12(15(19)20)17-18-14/h4-8H,1-3H3,(H,19,20). The molecule has 1 heterocycles. The van der Waals surface area contributed by atoms with E-state index in [1.54, 1.807) is 0 Å². The van der Waals surface area contributed by atoms with Gasteiger partial charge in [-0.2, -0.15) is 0 Å². The van der Waals surface area contributed by atoms with Crippen LogP contribution in [-0.2, 0) is 0 Å². The van der Waals surface area contributed by atoms with Gasteiger partial charge < -0.3 is 9.84 Å². The van der Waals surface area contributed by atoms with Crippen LogP contribution in [0.3, 0.4) is 0 Å². The van der Waals surface area contributed by atoms with Gasteiger partial charge in [0.25, 0.3) is 0 Å². The third-order valence-corrected chi connectivity index (χ3v) is 3.32. The van der Waals surface area contributed by atoms with Crippen LogP contribution in [0.25, 0.3) is 0 Å². The van der Waals surface area contributed by atoms with E-state index >= 15 is 0 Å². The Kier molecular flexibility index (Phi) is 4.43. The Bertz CT molecular complexity index is 669. The molecule has 1 N–H and O–H groups in total. The van der Waals surface area contributed by atoms with Crippen LogP contribution >= 0.6 is 11.6 Å². The molecule has 0 saturated heterocycles. The Labute approximate surface area is 127 Å². The summed E-state index contributed by atoms with van der Waals surface area (Å²) in [5.41, 5.74) is 1.72. The Morgan fingerprint density at radius 3 is 2.52 bits per heavy atom. The molecule has 0 unspecified atom stereocenters. The normalized spacial score (nSPS) is 10.7. The fourth-order valence-electron chi connectivity index (χ4n) is 1.82. The molecule has 2 rings (SSSR count). The number of aryl methyl sites for hydroxylation is 1. The highest BCUT2D eigenvalue weighted by molar-refractivity contribution is 6.31. The molecule has 2 aromatic rings. The molecule has 0 aliphatic carbocycles. The number of rotatable bonds is 4. The topological polar surface area (TPSA) is 72.3 Å². The van der Waals surface area contributed by atoms with E-state index in [4.69, 9.17) is 21.4 Å². The number of carboxylic acid groups (broad SMARTS) is 1. The van der Waals surface area contributed by atoms with Crippen LogP contribution in [0.1, 0.15) is 41.4 Å². The van der Waals surface area contributed by atoms with Gasteiger partial charge in [-0.25, -0.2) is 4.79 Å². The van der Waals surface area contributed by atoms with E-state index in [2.05, 4.69) is 10.2 Å². The zero-order valence-corrected chi connectivity index (χ0v) is 12.7. The van der Waals surface area contributed by atoms with E-state index in [1.165, 1.54) is 12.1 Å². The number of benzene rings is 1. The average Bonchev–Trinajstić information content (AvgIpc) is 2.42. The minimum atomic E-state index is -1.13. The molecule has 21 heavy (non-hydrogen) atoms. The van der Waals surface area contributed by atoms with Crippen molar-refractivity contribution >= 4 is 17.6 Å². The molecule has 0 fully saturated rings. The lowest BCUT2D eigenvalue weighted by atomic mass is 10.0. The first-order valence-electron chi connectivity index (χ1n) is 6.43. The first kappa shape index (κ1) is 15.3. The number of carbonyl (C=O) groups is 1. The molecular weight excluding hydrogens is 292 g/mol. The van der Waals surface area contributed by atoms with Gasteiger partial charge in [0.1, 0.15) is 5.75 Å². The Balaban J connectivity index is 2.30. The van der Waals surface area contributed by atoms with E-state index in [0.29, 0.717) is 10.8 Å². The highest BCUT2D eigenvalue weighted by Gasteiger charge is 2.12. The van der Waals surface area contributed by atoms with Gasteiger partial charge in [-0.05, 0) is 42.2 Å². The van der Waals surface area contributed by atoms with Gasteiger partial charge in [0, 0.05) is 11.1 Å². The average molecular weight is 307 g/mol. The molecule has 110 valence electrons. The number of halogens is 1. The maximum Gasteiger partial charge on any atom is 0.356 e. The minimum absolute atomic E-state index is 0.127. The molecule has 1 aromatic heterocycles. The fraction of sp³-hybridized carbons (Fsp3) is 0.267. The summed E-state index contributed by atoms with van der Waals surface area (Å²) in [6.07, 6.45) is 0. The molecule has 0 aliphatic heterocycles. The van der Waals surface area contributed by atoms with Crippen LogP contribution in [0.4, 0.5) is 0 Å². The molecule has 1 aromatic carbocycles. The number of aromatic carboxylic acids is 1. The number of aromatic nitrogens is 2. The summed E-state index contributed by atoms with van der Waals surface area (Å²) >= 11 is 6.21. The molecular formula is C15H15ClN2O3. The summed E-state index contributed by atoms with van der Waals surface area (Å²) in [5.74, 6) is 0.000316. The van der Waals surface area contributed by atoms with Crippen molar-refractivity contribution in [3.05, 3.63) is 46.1 Å². The van der Waals surface area contributed by atoms with Crippen LogP contribution in [0.15, 0.2) is 24.3 Å². The lowest BCUT2D eigenvalue weighted by Crippen LogP contribution is -2.02. The number of carboxylic acids is 1. The predicted molar refractivity (Wildman–Crippen MR) is 79.3 cm³/mol. The molecule has 6 heteroatoms. The van der Waals surface area contributed by atoms with Crippen molar-refractivity contribution in [3.63, 3.8) is 0 Å². The van der Waals surface area contributed by atoms with Crippen LogP contribution in [-0.4, -0.2) is 21.3 Å². The van der Waals surface area contributed by atoms with Crippen molar-refractivity contribution in [2.45, 2.75) is 26.7 Å². The molecule has 0 bridgehead atoms. The van der Waals surface area contributed by atoms with Crippen molar-refractivity contribution in [1.29, 1.82) is 0 Å². The lowest BCUT2D eigenvalue weighted by molar-refractivity contribution is 0.0689. The highest BCUT2D eigenvalue weighted by Crippen LogP contribution is 2.33. The molecule has 0 atom stereocenters. The number of hydrogen-bond donors (Lipinski definition) is 1. The van der Waals surface area contributed by atoms with Gasteiger partial charge in [0.2, 0.25) is 5.88 Å². The van der Waals surface area contributed by atoms with Gasteiger partial charge in [-0.1, -0.05) is 25.4 Å². The molecule has 0 saturated carbocycles. The summed E-state index contributed by atoms with van der Waals surface area (Å²) in [4.78, 5) is 10.7. The zero-order valence-electron chi connectivity index (χ0n) is 11.9. The highest BCUT2D eigenvalue weighted by atomic mass is 35.5. The monoisotopic (exact) mass is 306 g/mol. The van der Waals surface area contributed by atoms with Crippen molar-refractivity contribution in [1.82, 2.24) is 10.2 Å². The molecule has 0 radical (unpaired) electrons. The summed E-state index contributed by atoms with van der Waals surface area (Å²) < 4.78 is 5.66. The number of nitrogens with zero attached hydrogens (tertiary/aromatic N) is 2. The SMILES string of the molecule is Cc1cc(Cl)c(C(C)C)cc1Oc1ccc(C(=O)O)nn1. The van der Waals surface area contributed by atoms with Crippen molar-refractivity contribution in [2.75, 3.05) is 0 Å².